The number of unbranched alkanes of at least 4 members (excludes halogenated alkanes) is 2. The molecule has 1 unspecified atom stereocenters. The monoisotopic (exact) mass is 245 g/mol. The SMILES string of the molecule is O=C(O)CCCCCN1C(=O)CC(S)C1=O. The number of carbonyl (C=O) groups is 3. The molecular formula is C10H15NO4S. The fourth-order valence-electron chi connectivity index (χ4n) is 1.62. The summed E-state index contributed by atoms with van der Waals surface area (Å²) in [6.07, 6.45) is 2.26. The number of amides is 2. The Hall–Kier alpha value is -1.04. The highest BCUT2D eigenvalue weighted by atomic mass is 32.1. The molecule has 0 aromatic carbocycles. The van der Waals surface area contributed by atoms with Crippen LogP contribution in [0.2, 0.25) is 0 Å². The molecule has 1 atom stereocenters. The Balaban J connectivity index is 2.20. The van der Waals surface area contributed by atoms with Gasteiger partial charge < -0.3 is 5.11 Å². The zero-order valence-corrected chi connectivity index (χ0v) is 9.78. The number of thiol groups is 1. The van der Waals surface area contributed by atoms with Gasteiger partial charge in [-0.05, 0) is 12.8 Å². The van der Waals surface area contributed by atoms with Gasteiger partial charge in [-0.1, -0.05) is 6.42 Å². The van der Waals surface area contributed by atoms with E-state index in [2.05, 4.69) is 12.6 Å². The summed E-state index contributed by atoms with van der Waals surface area (Å²) in [4.78, 5) is 34.2. The zero-order valence-electron chi connectivity index (χ0n) is 8.89. The first-order valence-corrected chi connectivity index (χ1v) is 5.78. The fraction of sp³-hybridized carbons (Fsp3) is 0.700. The minimum absolute atomic E-state index is 0.136. The van der Waals surface area contributed by atoms with Crippen molar-refractivity contribution in [1.82, 2.24) is 4.90 Å². The summed E-state index contributed by atoms with van der Waals surface area (Å²) in [7, 11) is 0. The lowest BCUT2D eigenvalue weighted by atomic mass is 10.2. The van der Waals surface area contributed by atoms with Gasteiger partial charge in [-0.2, -0.15) is 12.6 Å². The Labute approximate surface area is 99.2 Å². The van der Waals surface area contributed by atoms with Crippen LogP contribution in [0.25, 0.3) is 0 Å². The molecule has 1 heterocycles. The van der Waals surface area contributed by atoms with Gasteiger partial charge in [0.1, 0.15) is 0 Å². The highest BCUT2D eigenvalue weighted by Crippen LogP contribution is 2.18. The number of nitrogens with zero attached hydrogens (tertiary/aromatic N) is 1. The van der Waals surface area contributed by atoms with Crippen LogP contribution in [0.5, 0.6) is 0 Å². The largest absolute Gasteiger partial charge is 0.481 e. The maximum absolute atomic E-state index is 11.4. The standard InChI is InChI=1S/C10H15NO4S/c12-8-6-7(16)10(15)11(8)5-3-1-2-4-9(13)14/h7,16H,1-6H2,(H,13,14). The lowest BCUT2D eigenvalue weighted by Gasteiger charge is -2.13. The van der Waals surface area contributed by atoms with E-state index in [0.29, 0.717) is 25.8 Å². The molecule has 0 radical (unpaired) electrons. The number of aliphatic carboxylic acids is 1. The number of imide groups is 1. The second-order valence-corrected chi connectivity index (χ2v) is 4.43. The molecule has 1 aliphatic rings. The average molecular weight is 245 g/mol. The fourth-order valence-corrected chi connectivity index (χ4v) is 1.92. The molecule has 1 rings (SSSR count). The van der Waals surface area contributed by atoms with E-state index in [-0.39, 0.29) is 24.7 Å². The Bertz CT molecular complexity index is 305. The maximum Gasteiger partial charge on any atom is 0.303 e. The van der Waals surface area contributed by atoms with Crippen molar-refractivity contribution >= 4 is 30.4 Å². The van der Waals surface area contributed by atoms with Crippen LogP contribution in [0.4, 0.5) is 0 Å². The lowest BCUT2D eigenvalue weighted by Crippen LogP contribution is -2.31. The van der Waals surface area contributed by atoms with Crippen molar-refractivity contribution in [1.29, 1.82) is 0 Å². The molecule has 1 N–H and O–H groups in total. The molecule has 0 bridgehead atoms. The molecule has 1 aliphatic heterocycles. The van der Waals surface area contributed by atoms with E-state index >= 15 is 0 Å². The highest BCUT2D eigenvalue weighted by Gasteiger charge is 2.35. The molecule has 0 spiro atoms. The van der Waals surface area contributed by atoms with E-state index in [4.69, 9.17) is 5.11 Å². The Morgan fingerprint density at radius 1 is 1.38 bits per heavy atom. The van der Waals surface area contributed by atoms with Crippen molar-refractivity contribution in [2.45, 2.75) is 37.4 Å². The quantitative estimate of drug-likeness (QED) is 0.410. The predicted octanol–water partition coefficient (Wildman–Crippen LogP) is 0.689. The molecule has 6 heteroatoms. The van der Waals surface area contributed by atoms with E-state index < -0.39 is 11.2 Å². The summed E-state index contributed by atoms with van der Waals surface area (Å²) in [5, 5.41) is 7.92. The van der Waals surface area contributed by atoms with Crippen molar-refractivity contribution in [2.24, 2.45) is 0 Å². The smallest absolute Gasteiger partial charge is 0.303 e. The van der Waals surface area contributed by atoms with Gasteiger partial charge in [0.05, 0.1) is 5.25 Å². The summed E-state index contributed by atoms with van der Waals surface area (Å²) >= 11 is 4.01. The minimum atomic E-state index is -0.816. The van der Waals surface area contributed by atoms with Crippen LogP contribution in [-0.4, -0.2) is 39.6 Å². The van der Waals surface area contributed by atoms with Gasteiger partial charge in [0.2, 0.25) is 11.8 Å². The van der Waals surface area contributed by atoms with E-state index in [1.165, 1.54) is 4.90 Å². The van der Waals surface area contributed by atoms with E-state index in [1.54, 1.807) is 0 Å². The molecule has 2 amide bonds. The summed E-state index contributed by atoms with van der Waals surface area (Å²) in [5.74, 6) is -1.22. The lowest BCUT2D eigenvalue weighted by molar-refractivity contribution is -0.139. The molecule has 0 aromatic heterocycles. The third kappa shape index (κ3) is 3.52. The molecule has 5 nitrogen and oxygen atoms in total. The van der Waals surface area contributed by atoms with Crippen LogP contribution in [0, 0.1) is 0 Å². The molecule has 1 fully saturated rings. The Morgan fingerprint density at radius 2 is 2.06 bits per heavy atom. The van der Waals surface area contributed by atoms with Crippen LogP contribution in [0.1, 0.15) is 32.1 Å². The van der Waals surface area contributed by atoms with E-state index in [9.17, 15) is 14.4 Å². The topological polar surface area (TPSA) is 74.7 Å². The predicted molar refractivity (Wildman–Crippen MR) is 60.2 cm³/mol. The van der Waals surface area contributed by atoms with Crippen molar-refractivity contribution < 1.29 is 19.5 Å². The van der Waals surface area contributed by atoms with Crippen LogP contribution in [0.3, 0.4) is 0 Å². The molecular weight excluding hydrogens is 230 g/mol. The number of carboxylic acid groups (broad SMARTS) is 1. The highest BCUT2D eigenvalue weighted by molar-refractivity contribution is 7.81. The summed E-state index contributed by atoms with van der Waals surface area (Å²) in [6.45, 7) is 0.383. The van der Waals surface area contributed by atoms with Crippen molar-refractivity contribution in [2.75, 3.05) is 6.54 Å². The second kappa shape index (κ2) is 5.89. The Kier molecular flexibility index (Phi) is 4.79. The first-order chi connectivity index (χ1) is 7.52. The Morgan fingerprint density at radius 3 is 2.56 bits per heavy atom. The third-order valence-corrected chi connectivity index (χ3v) is 2.90. The molecule has 0 saturated carbocycles. The normalized spacial score (nSPS) is 20.6. The van der Waals surface area contributed by atoms with Crippen molar-refractivity contribution in [3.05, 3.63) is 0 Å². The van der Waals surface area contributed by atoms with Gasteiger partial charge in [-0.25, -0.2) is 0 Å². The molecule has 0 aliphatic carbocycles. The molecule has 1 saturated heterocycles. The summed E-state index contributed by atoms with van der Waals surface area (Å²) in [6, 6.07) is 0. The number of carboxylic acids is 1. The first kappa shape index (κ1) is 13.0. The van der Waals surface area contributed by atoms with Gasteiger partial charge in [0.25, 0.3) is 0 Å². The van der Waals surface area contributed by atoms with Crippen LogP contribution < -0.4 is 0 Å². The van der Waals surface area contributed by atoms with E-state index in [1.807, 2.05) is 0 Å². The molecule has 0 aromatic rings. The third-order valence-electron chi connectivity index (χ3n) is 2.49. The van der Waals surface area contributed by atoms with Gasteiger partial charge in [-0.3, -0.25) is 19.3 Å². The minimum Gasteiger partial charge on any atom is -0.481 e. The van der Waals surface area contributed by atoms with Gasteiger partial charge in [0, 0.05) is 19.4 Å². The summed E-state index contributed by atoms with van der Waals surface area (Å²) < 4.78 is 0. The van der Waals surface area contributed by atoms with Crippen LogP contribution in [0.15, 0.2) is 0 Å². The first-order valence-electron chi connectivity index (χ1n) is 5.26. The zero-order chi connectivity index (χ0) is 12.1. The van der Waals surface area contributed by atoms with Crippen molar-refractivity contribution in [3.63, 3.8) is 0 Å². The van der Waals surface area contributed by atoms with E-state index in [0.717, 1.165) is 0 Å². The van der Waals surface area contributed by atoms with Crippen molar-refractivity contribution in [3.8, 4) is 0 Å². The van der Waals surface area contributed by atoms with Gasteiger partial charge in [-0.15, -0.1) is 0 Å². The second-order valence-electron chi connectivity index (χ2n) is 3.81. The number of hydrogen-bond acceptors (Lipinski definition) is 4. The molecule has 90 valence electrons. The number of rotatable bonds is 6. The number of hydrogen-bond donors (Lipinski definition) is 2. The van der Waals surface area contributed by atoms with Gasteiger partial charge >= 0.3 is 5.97 Å². The van der Waals surface area contributed by atoms with Crippen LogP contribution >= 0.6 is 12.6 Å². The summed E-state index contributed by atoms with van der Waals surface area (Å²) in [5.41, 5.74) is 0. The number of likely N-dealkylation sites (tertiary alicyclic amines) is 1. The number of carbonyl (C=O) groups excluding carboxylic acids is 2. The molecule has 16 heavy (non-hydrogen) atoms. The maximum atomic E-state index is 11.4. The van der Waals surface area contributed by atoms with Gasteiger partial charge in [0.15, 0.2) is 0 Å². The average Bonchev–Trinajstić information content (AvgIpc) is 2.43. The van der Waals surface area contributed by atoms with Crippen LogP contribution in [-0.2, 0) is 14.4 Å².